The predicted octanol–water partition coefficient (Wildman–Crippen LogP) is 1.56. The van der Waals surface area contributed by atoms with Crippen LogP contribution >= 0.6 is 15.9 Å². The fourth-order valence-corrected chi connectivity index (χ4v) is 2.07. The first-order valence-electron chi connectivity index (χ1n) is 4.84. The maximum absolute atomic E-state index is 5.55. The summed E-state index contributed by atoms with van der Waals surface area (Å²) in [4.78, 5) is 3.99. The van der Waals surface area contributed by atoms with Gasteiger partial charge in [0.1, 0.15) is 0 Å². The highest BCUT2D eigenvalue weighted by Gasteiger charge is 2.10. The van der Waals surface area contributed by atoms with Crippen molar-refractivity contribution in [1.82, 2.24) is 25.0 Å². The molecule has 0 atom stereocenters. The van der Waals surface area contributed by atoms with Gasteiger partial charge in [0.15, 0.2) is 0 Å². The molecule has 0 aliphatic carbocycles. The van der Waals surface area contributed by atoms with Crippen molar-refractivity contribution in [1.29, 1.82) is 0 Å². The second-order valence-corrected chi connectivity index (χ2v) is 4.11. The molecule has 3 aromatic rings. The van der Waals surface area contributed by atoms with Crippen molar-refractivity contribution in [2.24, 2.45) is 0 Å². The third kappa shape index (κ3) is 1.64. The van der Waals surface area contributed by atoms with Crippen LogP contribution in [0.3, 0.4) is 0 Å². The number of hydrogen-bond acceptors (Lipinski definition) is 5. The van der Waals surface area contributed by atoms with Crippen LogP contribution < -0.4 is 5.73 Å². The molecular weight excluding hydrogens is 284 g/mol. The smallest absolute Gasteiger partial charge is 0.240 e. The second-order valence-electron chi connectivity index (χ2n) is 3.40. The van der Waals surface area contributed by atoms with Crippen LogP contribution in [0.15, 0.2) is 35.2 Å². The molecule has 0 aliphatic rings. The van der Waals surface area contributed by atoms with Crippen molar-refractivity contribution in [3.05, 3.63) is 35.2 Å². The number of rotatable bonds is 1. The highest BCUT2D eigenvalue weighted by Crippen LogP contribution is 2.22. The molecule has 0 radical (unpaired) electrons. The molecule has 7 heteroatoms. The lowest BCUT2D eigenvalue weighted by atomic mass is 10.2. The molecule has 6 nitrogen and oxygen atoms in total. The molecule has 2 aromatic heterocycles. The summed E-state index contributed by atoms with van der Waals surface area (Å²) in [5.74, 6) is 0.206. The lowest BCUT2D eigenvalue weighted by Crippen LogP contribution is -2.00. The van der Waals surface area contributed by atoms with E-state index < -0.39 is 0 Å². The largest absolute Gasteiger partial charge is 0.366 e. The molecule has 1 aromatic carbocycles. The quantitative estimate of drug-likeness (QED) is 0.735. The van der Waals surface area contributed by atoms with Gasteiger partial charge in [-0.15, -0.1) is 5.10 Å². The van der Waals surface area contributed by atoms with Crippen LogP contribution in [0.2, 0.25) is 0 Å². The Morgan fingerprint density at radius 3 is 2.82 bits per heavy atom. The van der Waals surface area contributed by atoms with Crippen LogP contribution in [0, 0.1) is 0 Å². The Balaban J connectivity index is 2.34. The summed E-state index contributed by atoms with van der Waals surface area (Å²) in [5.41, 5.74) is 7.13. The first kappa shape index (κ1) is 10.2. The van der Waals surface area contributed by atoms with E-state index in [-0.39, 0.29) is 5.95 Å². The molecule has 0 aliphatic heterocycles. The molecule has 84 valence electrons. The summed E-state index contributed by atoms with van der Waals surface area (Å²) >= 11 is 3.30. The van der Waals surface area contributed by atoms with E-state index in [0.29, 0.717) is 4.73 Å². The zero-order valence-corrected chi connectivity index (χ0v) is 10.2. The fourth-order valence-electron chi connectivity index (χ4n) is 1.62. The SMILES string of the molecule is Nc1nc(Br)n(-c2cnnc3ccccc23)n1. The molecule has 0 saturated carbocycles. The number of fused-ring (bicyclic) bond motifs is 1. The molecule has 17 heavy (non-hydrogen) atoms. The average Bonchev–Trinajstić information content (AvgIpc) is 2.68. The predicted molar refractivity (Wildman–Crippen MR) is 66.6 cm³/mol. The highest BCUT2D eigenvalue weighted by molar-refractivity contribution is 9.10. The molecular formula is C10H7BrN6. The van der Waals surface area contributed by atoms with Crippen LogP contribution in [0.25, 0.3) is 16.6 Å². The number of nitrogens with zero attached hydrogens (tertiary/aromatic N) is 5. The van der Waals surface area contributed by atoms with Gasteiger partial charge in [0, 0.05) is 5.39 Å². The number of nitrogen functional groups attached to an aromatic ring is 1. The summed E-state index contributed by atoms with van der Waals surface area (Å²) in [7, 11) is 0. The minimum absolute atomic E-state index is 0.206. The molecule has 2 N–H and O–H groups in total. The standard InChI is InChI=1S/C10H7BrN6/c11-9-14-10(12)16-17(9)8-5-13-15-7-4-2-1-3-6(7)8/h1-5H,(H2,12,16). The Hall–Kier alpha value is -2.02. The summed E-state index contributed by atoms with van der Waals surface area (Å²) in [6.07, 6.45) is 1.63. The van der Waals surface area contributed by atoms with Gasteiger partial charge >= 0.3 is 0 Å². The van der Waals surface area contributed by atoms with Crippen molar-refractivity contribution in [2.45, 2.75) is 0 Å². The van der Waals surface area contributed by atoms with Crippen molar-refractivity contribution < 1.29 is 0 Å². The molecule has 0 amide bonds. The summed E-state index contributed by atoms with van der Waals surface area (Å²) in [6.45, 7) is 0. The first-order chi connectivity index (χ1) is 8.25. The van der Waals surface area contributed by atoms with Gasteiger partial charge in [-0.3, -0.25) is 0 Å². The van der Waals surface area contributed by atoms with Crippen molar-refractivity contribution in [2.75, 3.05) is 5.73 Å². The minimum Gasteiger partial charge on any atom is -0.366 e. The maximum Gasteiger partial charge on any atom is 0.240 e. The fraction of sp³-hybridized carbons (Fsp3) is 0. The lowest BCUT2D eigenvalue weighted by molar-refractivity contribution is 0.853. The Labute approximate surface area is 105 Å². The first-order valence-corrected chi connectivity index (χ1v) is 5.64. The van der Waals surface area contributed by atoms with E-state index in [1.54, 1.807) is 10.9 Å². The number of hydrogen-bond donors (Lipinski definition) is 1. The Morgan fingerprint density at radius 1 is 1.24 bits per heavy atom. The van der Waals surface area contributed by atoms with Crippen molar-refractivity contribution >= 4 is 32.8 Å². The van der Waals surface area contributed by atoms with Gasteiger partial charge in [-0.1, -0.05) is 18.2 Å². The van der Waals surface area contributed by atoms with Crippen LogP contribution in [-0.4, -0.2) is 25.0 Å². The van der Waals surface area contributed by atoms with Crippen LogP contribution in [0.4, 0.5) is 5.95 Å². The zero-order valence-electron chi connectivity index (χ0n) is 8.58. The van der Waals surface area contributed by atoms with E-state index >= 15 is 0 Å². The molecule has 0 unspecified atom stereocenters. The van der Waals surface area contributed by atoms with E-state index in [1.165, 1.54) is 0 Å². The molecule has 0 spiro atoms. The van der Waals surface area contributed by atoms with Gasteiger partial charge in [-0.25, -0.2) is 4.68 Å². The van der Waals surface area contributed by atoms with E-state index in [0.717, 1.165) is 16.6 Å². The average molecular weight is 291 g/mol. The number of anilines is 1. The molecule has 0 bridgehead atoms. The van der Waals surface area contributed by atoms with Gasteiger partial charge in [-0.05, 0) is 22.0 Å². The Bertz CT molecular complexity index is 687. The highest BCUT2D eigenvalue weighted by atomic mass is 79.9. The van der Waals surface area contributed by atoms with Crippen molar-refractivity contribution in [3.63, 3.8) is 0 Å². The lowest BCUT2D eigenvalue weighted by Gasteiger charge is -2.04. The molecule has 0 saturated heterocycles. The van der Waals surface area contributed by atoms with Crippen LogP contribution in [0.5, 0.6) is 0 Å². The zero-order chi connectivity index (χ0) is 11.8. The topological polar surface area (TPSA) is 82.5 Å². The monoisotopic (exact) mass is 290 g/mol. The normalized spacial score (nSPS) is 10.9. The summed E-state index contributed by atoms with van der Waals surface area (Å²) < 4.78 is 2.12. The maximum atomic E-state index is 5.55. The molecule has 2 heterocycles. The van der Waals surface area contributed by atoms with Gasteiger partial charge < -0.3 is 5.73 Å². The number of nitrogens with two attached hydrogens (primary N) is 1. The summed E-state index contributed by atoms with van der Waals surface area (Å²) in [6, 6.07) is 7.68. The number of aromatic nitrogens is 5. The van der Waals surface area contributed by atoms with Gasteiger partial charge in [0.05, 0.1) is 17.4 Å². The van der Waals surface area contributed by atoms with E-state index in [9.17, 15) is 0 Å². The Kier molecular flexibility index (Phi) is 2.25. The van der Waals surface area contributed by atoms with E-state index in [4.69, 9.17) is 5.73 Å². The molecule has 3 rings (SSSR count). The molecule has 0 fully saturated rings. The van der Waals surface area contributed by atoms with Crippen LogP contribution in [-0.2, 0) is 0 Å². The Morgan fingerprint density at radius 2 is 2.06 bits per heavy atom. The summed E-state index contributed by atoms with van der Waals surface area (Å²) in [5, 5.41) is 13.0. The minimum atomic E-state index is 0.206. The van der Waals surface area contributed by atoms with E-state index in [1.807, 2.05) is 24.3 Å². The van der Waals surface area contributed by atoms with Crippen LogP contribution in [0.1, 0.15) is 0 Å². The van der Waals surface area contributed by atoms with Gasteiger partial charge in [0.2, 0.25) is 10.7 Å². The number of benzene rings is 1. The van der Waals surface area contributed by atoms with E-state index in [2.05, 4.69) is 36.2 Å². The second kappa shape index (κ2) is 3.77. The third-order valence-corrected chi connectivity index (χ3v) is 2.85. The van der Waals surface area contributed by atoms with Gasteiger partial charge in [0.25, 0.3) is 0 Å². The third-order valence-electron chi connectivity index (χ3n) is 2.34. The van der Waals surface area contributed by atoms with Crippen molar-refractivity contribution in [3.8, 4) is 5.69 Å². The van der Waals surface area contributed by atoms with Gasteiger partial charge in [-0.2, -0.15) is 15.2 Å². The number of halogens is 1.